The second kappa shape index (κ2) is 34.0. The smallest absolute Gasteiger partial charge is 0.418 e. The van der Waals surface area contributed by atoms with Crippen molar-refractivity contribution in [1.82, 2.24) is 35.2 Å². The van der Waals surface area contributed by atoms with Crippen LogP contribution in [0, 0.1) is 41.5 Å². The third kappa shape index (κ3) is 20.6. The first-order chi connectivity index (χ1) is 55.3. The molecule has 11 aromatic rings. The summed E-state index contributed by atoms with van der Waals surface area (Å²) in [6.45, 7) is 26.5. The lowest BCUT2D eigenvalue weighted by Crippen LogP contribution is -2.24. The molecule has 6 aromatic heterocycles. The number of halogens is 15. The highest BCUT2D eigenvalue weighted by Gasteiger charge is 2.46. The van der Waals surface area contributed by atoms with Crippen molar-refractivity contribution in [3.63, 3.8) is 0 Å². The predicted molar refractivity (Wildman–Crippen MR) is 417 cm³/mol. The van der Waals surface area contributed by atoms with Crippen molar-refractivity contribution < 1.29 is 109 Å². The standard InChI is InChI=1S/C22H20F3N3O.C18H18F3NO2.C17H16F3NO2.C16H14F3NO2.C15H14F3NO2/c1-13-9-18(20(29)27-12-15-5-3-4-8-26-15)28-19-16(13)10-14(21(2)6-7-21)11-17(19)22(23,24)25;1-4-24-16(23)14-7-10(2)12-8-11(17(3)5-6-17)9-13(15(12)22-14)18(19,20)21;1-5-23-16(22)14-6-10(4)12-7-11(9(2)3)8-13(15(12)21-14)17(18,19)20;1-8-5-12(14(21)22)20-13-10(8)6-9(15(2)3-4-15)7-11(13)16(17,18)19;1-4-21-14(20)12-7-9(3)10-5-8(2)6-11(13(10)19-12)15(16,17)18/h3-5,8-11H,6-7,12H2,1-2H3,(H,27,29);7-9H,4-6H2,1-3H3;6-8H,2,5H2,1,3-4H3;5-7H,3-4H2,1-2H3,(H,21,22);5-7H,4H2,1-3H3. The number of allylic oxidation sites excluding steroid dienone is 1. The van der Waals surface area contributed by atoms with Gasteiger partial charge in [0.25, 0.3) is 5.91 Å². The van der Waals surface area contributed by atoms with Crippen LogP contribution in [0.4, 0.5) is 65.9 Å². The van der Waals surface area contributed by atoms with Crippen LogP contribution < -0.4 is 5.32 Å². The van der Waals surface area contributed by atoms with Gasteiger partial charge in [0, 0.05) is 33.1 Å². The molecule has 3 aliphatic carbocycles. The Hall–Kier alpha value is -11.7. The molecule has 2 N–H and O–H groups in total. The first-order valence-corrected chi connectivity index (χ1v) is 37.5. The van der Waals surface area contributed by atoms with E-state index in [0.29, 0.717) is 93.8 Å². The SMILES string of the molecule is C=C(C)c1cc(C(F)(F)F)c2nc(C(=O)OCC)cc(C)c2c1.CCOC(=O)c1cc(C)c2cc(C)cc(C(F)(F)F)c2n1.CCOC(=O)c1cc(C)c2cc(C3(C)CC3)cc(C(F)(F)F)c2n1.Cc1cc(C(=O)NCc2ccccn2)nc2c(C(F)(F)F)cc(C3(C)CC3)cc12.Cc1cc(C(=O)O)nc2c(C(F)(F)F)cc(C3(C)CC3)cc12. The first kappa shape index (κ1) is 89.7. The molecule has 0 bridgehead atoms. The fourth-order valence-corrected chi connectivity index (χ4v) is 13.3. The molecular formula is C88H82F15N7O9. The minimum absolute atomic E-state index is 0.0400. The maximum atomic E-state index is 13.8. The highest BCUT2D eigenvalue weighted by Crippen LogP contribution is 2.53. The Morgan fingerprint density at radius 2 is 0.706 bits per heavy atom. The number of fused-ring (bicyclic) bond motifs is 5. The van der Waals surface area contributed by atoms with E-state index < -0.39 is 88.5 Å². The Balaban J connectivity index is 0.000000157. The monoisotopic (exact) mass is 1670 g/mol. The van der Waals surface area contributed by atoms with Gasteiger partial charge in [0.1, 0.15) is 28.5 Å². The summed E-state index contributed by atoms with van der Waals surface area (Å²) in [5.41, 5.74) is 0.0552. The third-order valence-electron chi connectivity index (χ3n) is 20.9. The molecule has 3 saturated carbocycles. The van der Waals surface area contributed by atoms with Crippen LogP contribution in [0.25, 0.3) is 60.1 Å². The fraction of sp³-hybridized carbons (Fsp3) is 0.352. The molecule has 1 amide bonds. The van der Waals surface area contributed by atoms with Crippen molar-refractivity contribution in [2.24, 2.45) is 0 Å². The number of ether oxygens (including phenoxy) is 3. The summed E-state index contributed by atoms with van der Waals surface area (Å²) in [5.74, 6) is -4.05. The van der Waals surface area contributed by atoms with Crippen molar-refractivity contribution in [2.75, 3.05) is 19.8 Å². The maximum Gasteiger partial charge on any atom is 0.418 e. The summed E-state index contributed by atoms with van der Waals surface area (Å²) in [6, 6.07) is 26.5. The summed E-state index contributed by atoms with van der Waals surface area (Å²) in [7, 11) is 0. The lowest BCUT2D eigenvalue weighted by Gasteiger charge is -2.17. The number of amides is 1. The molecule has 0 unspecified atom stereocenters. The van der Waals surface area contributed by atoms with Crippen molar-refractivity contribution in [3.05, 3.63) is 240 Å². The van der Waals surface area contributed by atoms with Gasteiger partial charge >= 0.3 is 54.8 Å². The molecule has 5 aromatic carbocycles. The number of carbonyl (C=O) groups is 5. The number of alkyl halides is 15. The zero-order chi connectivity index (χ0) is 87.9. The number of carbonyl (C=O) groups excluding carboxylic acids is 4. The number of aromatic nitrogens is 6. The van der Waals surface area contributed by atoms with E-state index in [-0.39, 0.29) is 98.7 Å². The first-order valence-electron chi connectivity index (χ1n) is 37.5. The van der Waals surface area contributed by atoms with Gasteiger partial charge in [0.2, 0.25) is 0 Å². The van der Waals surface area contributed by atoms with Gasteiger partial charge in [0.05, 0.1) is 87.5 Å². The van der Waals surface area contributed by atoms with E-state index in [4.69, 9.17) is 19.3 Å². The zero-order valence-corrected chi connectivity index (χ0v) is 66.8. The van der Waals surface area contributed by atoms with Gasteiger partial charge in [-0.25, -0.2) is 44.1 Å². The number of esters is 3. The lowest BCUT2D eigenvalue weighted by molar-refractivity contribution is -0.137. The molecule has 3 aliphatic rings. The number of nitrogens with one attached hydrogen (secondary N) is 1. The number of carboxylic acid groups (broad SMARTS) is 1. The van der Waals surface area contributed by atoms with Crippen LogP contribution in [-0.2, 0) is 67.9 Å². The number of nitrogens with zero attached hydrogens (tertiary/aromatic N) is 6. The minimum Gasteiger partial charge on any atom is -0.477 e. The summed E-state index contributed by atoms with van der Waals surface area (Å²) in [5, 5.41) is 13.6. The van der Waals surface area contributed by atoms with Gasteiger partial charge in [0.15, 0.2) is 0 Å². The Bertz CT molecular complexity index is 5850. The lowest BCUT2D eigenvalue weighted by atomic mass is 9.92. The molecule has 0 spiro atoms. The van der Waals surface area contributed by atoms with Crippen LogP contribution in [0.3, 0.4) is 0 Å². The van der Waals surface area contributed by atoms with E-state index in [2.05, 4.69) is 41.8 Å². The van der Waals surface area contributed by atoms with Crippen LogP contribution in [0.2, 0.25) is 0 Å². The molecular weight excluding hydrogens is 1580 g/mol. The molecule has 0 saturated heterocycles. The molecule has 14 rings (SSSR count). The summed E-state index contributed by atoms with van der Waals surface area (Å²) in [6.07, 6.45) is -16.0. The van der Waals surface area contributed by atoms with Crippen LogP contribution in [0.1, 0.15) is 229 Å². The average molecular weight is 1670 g/mol. The van der Waals surface area contributed by atoms with Gasteiger partial charge < -0.3 is 24.6 Å². The quantitative estimate of drug-likeness (QED) is 0.0587. The third-order valence-corrected chi connectivity index (χ3v) is 20.9. The average Bonchev–Trinajstić information content (AvgIpc) is 1.68. The van der Waals surface area contributed by atoms with Crippen molar-refractivity contribution in [1.29, 1.82) is 0 Å². The summed E-state index contributed by atoms with van der Waals surface area (Å²) in [4.78, 5) is 82.6. The van der Waals surface area contributed by atoms with E-state index in [1.54, 1.807) is 124 Å². The van der Waals surface area contributed by atoms with Gasteiger partial charge in [-0.05, 0) is 283 Å². The van der Waals surface area contributed by atoms with Crippen LogP contribution in [-0.4, -0.2) is 84.6 Å². The van der Waals surface area contributed by atoms with Gasteiger partial charge in [-0.2, -0.15) is 65.9 Å². The van der Waals surface area contributed by atoms with Crippen LogP contribution in [0.15, 0.2) is 122 Å². The molecule has 0 aliphatic heterocycles. The molecule has 6 heterocycles. The Morgan fingerprint density at radius 3 is 1.01 bits per heavy atom. The number of rotatable bonds is 14. The molecule has 0 atom stereocenters. The van der Waals surface area contributed by atoms with E-state index in [1.165, 1.54) is 42.5 Å². The van der Waals surface area contributed by atoms with Crippen molar-refractivity contribution >= 4 is 89.9 Å². The fourth-order valence-electron chi connectivity index (χ4n) is 13.3. The molecule has 31 heteroatoms. The number of hydrogen-bond donors (Lipinski definition) is 2. The summed E-state index contributed by atoms with van der Waals surface area (Å²) >= 11 is 0. The predicted octanol–water partition coefficient (Wildman–Crippen LogP) is 22.9. The van der Waals surface area contributed by atoms with Gasteiger partial charge in [-0.1, -0.05) is 39.0 Å². The minimum atomic E-state index is -4.59. The molecule has 0 radical (unpaired) electrons. The summed E-state index contributed by atoms with van der Waals surface area (Å²) < 4.78 is 216. The van der Waals surface area contributed by atoms with E-state index >= 15 is 0 Å². The number of hydrogen-bond acceptors (Lipinski definition) is 14. The Morgan fingerprint density at radius 1 is 0.412 bits per heavy atom. The highest BCUT2D eigenvalue weighted by atomic mass is 19.4. The highest BCUT2D eigenvalue weighted by molar-refractivity contribution is 5.99. The van der Waals surface area contributed by atoms with Gasteiger partial charge in [-0.3, -0.25) is 9.78 Å². The van der Waals surface area contributed by atoms with E-state index in [1.807, 2.05) is 20.8 Å². The van der Waals surface area contributed by atoms with Crippen LogP contribution in [0.5, 0.6) is 0 Å². The number of benzene rings is 5. The van der Waals surface area contributed by atoms with Crippen LogP contribution >= 0.6 is 0 Å². The second-order valence-corrected chi connectivity index (χ2v) is 30.4. The molecule has 3 fully saturated rings. The van der Waals surface area contributed by atoms with Gasteiger partial charge in [-0.15, -0.1) is 0 Å². The molecule has 628 valence electrons. The number of pyridine rings is 6. The Labute approximate surface area is 673 Å². The van der Waals surface area contributed by atoms with Crippen molar-refractivity contribution in [2.45, 2.75) is 182 Å². The molecule has 16 nitrogen and oxygen atoms in total. The molecule has 119 heavy (non-hydrogen) atoms. The maximum absolute atomic E-state index is 13.8. The number of aryl methyl sites for hydroxylation is 6. The van der Waals surface area contributed by atoms with Crippen molar-refractivity contribution in [3.8, 4) is 0 Å². The van der Waals surface area contributed by atoms with E-state index in [9.17, 15) is 89.8 Å². The second-order valence-electron chi connectivity index (χ2n) is 30.4. The zero-order valence-electron chi connectivity index (χ0n) is 66.8. The topological polar surface area (TPSA) is 223 Å². The number of aromatic carboxylic acids is 1. The Kier molecular flexibility index (Phi) is 25.6. The normalized spacial score (nSPS) is 14.4. The van der Waals surface area contributed by atoms with E-state index in [0.717, 1.165) is 56.7 Å². The number of carboxylic acids is 1. The largest absolute Gasteiger partial charge is 0.477 e.